The van der Waals surface area contributed by atoms with Gasteiger partial charge in [-0.1, -0.05) is 59.6 Å². The van der Waals surface area contributed by atoms with Crippen LogP contribution in [0.15, 0.2) is 71.7 Å². The summed E-state index contributed by atoms with van der Waals surface area (Å²) in [6.45, 7) is -1.48. The molecule has 38 heavy (non-hydrogen) atoms. The van der Waals surface area contributed by atoms with Crippen molar-refractivity contribution >= 4 is 52.5 Å². The van der Waals surface area contributed by atoms with E-state index in [9.17, 15) is 28.4 Å². The molecule has 3 aromatic rings. The number of carboxylic acid groups (broad SMARTS) is 1. The molecule has 2 atom stereocenters. The molecule has 2 aromatic carbocycles. The van der Waals surface area contributed by atoms with E-state index < -0.39 is 54.3 Å². The molecule has 0 aliphatic carbocycles. The van der Waals surface area contributed by atoms with E-state index in [2.05, 4.69) is 10.6 Å². The third kappa shape index (κ3) is 7.05. The molecule has 0 aliphatic heterocycles. The minimum atomic E-state index is -1.63. The number of hydrogen-bond donors (Lipinski definition) is 3. The summed E-state index contributed by atoms with van der Waals surface area (Å²) in [5.41, 5.74) is -0.373. The number of aliphatic carboxylic acids is 1. The number of amides is 2. The van der Waals surface area contributed by atoms with Crippen LogP contribution in [0.1, 0.15) is 28.4 Å². The lowest BCUT2D eigenvalue weighted by molar-refractivity contribution is -0.140. The Kier molecular flexibility index (Phi) is 9.75. The molecule has 12 heteroatoms. The first-order valence-electron chi connectivity index (χ1n) is 11.2. The van der Waals surface area contributed by atoms with Crippen LogP contribution in [0.4, 0.5) is 10.1 Å². The molecule has 9 nitrogen and oxygen atoms in total. The van der Waals surface area contributed by atoms with Gasteiger partial charge in [-0.3, -0.25) is 24.0 Å². The predicted octanol–water partition coefficient (Wildman–Crippen LogP) is 3.69. The normalized spacial score (nSPS) is 12.3. The highest BCUT2D eigenvalue weighted by atomic mass is 35.5. The third-order valence-corrected chi connectivity index (χ3v) is 6.17. The number of aromatic nitrogens is 1. The molecule has 3 N–H and O–H groups in total. The number of nitrogens with zero attached hydrogens (tertiary/aromatic N) is 1. The zero-order chi connectivity index (χ0) is 27.8. The third-order valence-electron chi connectivity index (χ3n) is 5.54. The Morgan fingerprint density at radius 1 is 0.947 bits per heavy atom. The number of ketones is 1. The standard InChI is InChI=1S/C26H22Cl2FN3O6/c27-16-8-4-9-17(28)23(16)25(37)30-18-10-5-11-32(26(18)38)20(12-15-6-2-1-3-7-15)24(36)31-19(13-22(34)35)21(33)14-29/h1-11,19-20H,12-14H2,(H,30,37)(H,31,36)(H,34,35)/t19?,20-/m0/s1. The molecule has 0 aliphatic rings. The summed E-state index contributed by atoms with van der Waals surface area (Å²) in [4.78, 5) is 62.6. The van der Waals surface area contributed by atoms with E-state index in [4.69, 9.17) is 28.3 Å². The van der Waals surface area contributed by atoms with Crippen molar-refractivity contribution in [3.05, 3.63) is 98.4 Å². The molecule has 0 fully saturated rings. The minimum Gasteiger partial charge on any atom is -0.481 e. The summed E-state index contributed by atoms with van der Waals surface area (Å²) in [6, 6.07) is 12.9. The summed E-state index contributed by atoms with van der Waals surface area (Å²) >= 11 is 12.2. The minimum absolute atomic E-state index is 0.0378. The van der Waals surface area contributed by atoms with Gasteiger partial charge in [-0.05, 0) is 29.8 Å². The van der Waals surface area contributed by atoms with Crippen LogP contribution in [-0.4, -0.2) is 46.0 Å². The van der Waals surface area contributed by atoms with Gasteiger partial charge in [0.2, 0.25) is 5.91 Å². The summed E-state index contributed by atoms with van der Waals surface area (Å²) in [5, 5.41) is 13.9. The molecule has 198 valence electrons. The molecule has 1 unspecified atom stereocenters. The van der Waals surface area contributed by atoms with E-state index in [1.165, 1.54) is 30.5 Å². The predicted molar refractivity (Wildman–Crippen MR) is 139 cm³/mol. The Labute approximate surface area is 226 Å². The van der Waals surface area contributed by atoms with E-state index in [0.29, 0.717) is 5.56 Å². The lowest BCUT2D eigenvalue weighted by Crippen LogP contribution is -2.47. The average Bonchev–Trinajstić information content (AvgIpc) is 2.88. The molecule has 0 saturated heterocycles. The highest BCUT2D eigenvalue weighted by molar-refractivity contribution is 6.40. The first-order chi connectivity index (χ1) is 18.1. The zero-order valence-electron chi connectivity index (χ0n) is 19.7. The summed E-state index contributed by atoms with van der Waals surface area (Å²) in [6.07, 6.45) is 0.427. The van der Waals surface area contributed by atoms with Crippen molar-refractivity contribution in [2.45, 2.75) is 24.9 Å². The Bertz CT molecular complexity index is 1390. The molecular formula is C26H22Cl2FN3O6. The fourth-order valence-electron chi connectivity index (χ4n) is 3.69. The van der Waals surface area contributed by atoms with Gasteiger partial charge >= 0.3 is 5.97 Å². The Morgan fingerprint density at radius 2 is 1.61 bits per heavy atom. The molecule has 3 rings (SSSR count). The van der Waals surface area contributed by atoms with Gasteiger partial charge in [0.05, 0.1) is 22.0 Å². The molecule has 0 saturated carbocycles. The van der Waals surface area contributed by atoms with Crippen LogP contribution in [-0.2, 0) is 20.8 Å². The van der Waals surface area contributed by atoms with Gasteiger partial charge in [0.25, 0.3) is 11.5 Å². The maximum Gasteiger partial charge on any atom is 0.305 e. The van der Waals surface area contributed by atoms with Crippen LogP contribution in [0.3, 0.4) is 0 Å². The number of benzene rings is 2. The topological polar surface area (TPSA) is 135 Å². The number of carboxylic acids is 1. The molecular weight excluding hydrogens is 540 g/mol. The van der Waals surface area contributed by atoms with Gasteiger partial charge in [0.1, 0.15) is 24.4 Å². The van der Waals surface area contributed by atoms with Crippen molar-refractivity contribution < 1.29 is 28.7 Å². The Balaban J connectivity index is 1.99. The van der Waals surface area contributed by atoms with Crippen LogP contribution in [0.2, 0.25) is 10.0 Å². The van der Waals surface area contributed by atoms with Gasteiger partial charge in [0, 0.05) is 12.6 Å². The Hall–Kier alpha value is -4.02. The average molecular weight is 562 g/mol. The van der Waals surface area contributed by atoms with E-state index >= 15 is 0 Å². The first-order valence-corrected chi connectivity index (χ1v) is 12.0. The van der Waals surface area contributed by atoms with Crippen LogP contribution < -0.4 is 16.2 Å². The molecule has 1 aromatic heterocycles. The number of carbonyl (C=O) groups is 4. The van der Waals surface area contributed by atoms with Crippen LogP contribution >= 0.6 is 23.2 Å². The quantitative estimate of drug-likeness (QED) is 0.327. The van der Waals surface area contributed by atoms with Crippen molar-refractivity contribution in [2.24, 2.45) is 0 Å². The number of Topliss-reactive ketones (excluding diaryl/α,β-unsaturated/α-hetero) is 1. The highest BCUT2D eigenvalue weighted by Crippen LogP contribution is 2.25. The number of alkyl halides is 1. The maximum atomic E-state index is 13.4. The van der Waals surface area contributed by atoms with Crippen molar-refractivity contribution in [1.29, 1.82) is 0 Å². The lowest BCUT2D eigenvalue weighted by Gasteiger charge is -2.23. The van der Waals surface area contributed by atoms with Crippen molar-refractivity contribution in [3.63, 3.8) is 0 Å². The summed E-state index contributed by atoms with van der Waals surface area (Å²) in [7, 11) is 0. The molecule has 0 radical (unpaired) electrons. The second-order valence-corrected chi connectivity index (χ2v) is 8.96. The number of anilines is 1. The van der Waals surface area contributed by atoms with E-state index in [1.807, 2.05) is 0 Å². The highest BCUT2D eigenvalue weighted by Gasteiger charge is 2.29. The van der Waals surface area contributed by atoms with E-state index in [1.54, 1.807) is 36.4 Å². The maximum absolute atomic E-state index is 13.4. The number of rotatable bonds is 11. The van der Waals surface area contributed by atoms with Crippen molar-refractivity contribution in [2.75, 3.05) is 12.0 Å². The van der Waals surface area contributed by atoms with Gasteiger partial charge in [-0.25, -0.2) is 4.39 Å². The Morgan fingerprint density at radius 3 is 2.21 bits per heavy atom. The van der Waals surface area contributed by atoms with Crippen molar-refractivity contribution in [1.82, 2.24) is 9.88 Å². The monoisotopic (exact) mass is 561 g/mol. The smallest absolute Gasteiger partial charge is 0.305 e. The largest absolute Gasteiger partial charge is 0.481 e. The van der Waals surface area contributed by atoms with Gasteiger partial charge < -0.3 is 20.3 Å². The van der Waals surface area contributed by atoms with Gasteiger partial charge in [-0.2, -0.15) is 0 Å². The molecule has 0 bridgehead atoms. The van der Waals surface area contributed by atoms with Crippen molar-refractivity contribution in [3.8, 4) is 0 Å². The van der Waals surface area contributed by atoms with E-state index in [-0.39, 0.29) is 27.7 Å². The fraction of sp³-hybridized carbons (Fsp3) is 0.192. The van der Waals surface area contributed by atoms with Gasteiger partial charge in [0.15, 0.2) is 5.78 Å². The fourth-order valence-corrected chi connectivity index (χ4v) is 4.26. The second-order valence-electron chi connectivity index (χ2n) is 8.15. The number of nitrogens with one attached hydrogen (secondary N) is 2. The lowest BCUT2D eigenvalue weighted by atomic mass is 10.0. The molecule has 1 heterocycles. The summed E-state index contributed by atoms with van der Waals surface area (Å²) < 4.78 is 14.1. The number of carbonyl (C=O) groups excluding carboxylic acids is 3. The second kappa shape index (κ2) is 13.0. The summed E-state index contributed by atoms with van der Waals surface area (Å²) in [5.74, 6) is -4.18. The SMILES string of the molecule is O=C(O)CC(NC(=O)[C@H](Cc1ccccc1)n1cccc(NC(=O)c2c(Cl)cccc2Cl)c1=O)C(=O)CF. The van der Waals surface area contributed by atoms with Crippen LogP contribution in [0, 0.1) is 0 Å². The number of halogens is 3. The van der Waals surface area contributed by atoms with E-state index in [0.717, 1.165) is 4.57 Å². The zero-order valence-corrected chi connectivity index (χ0v) is 21.2. The van der Waals surface area contributed by atoms with Gasteiger partial charge in [-0.15, -0.1) is 0 Å². The first kappa shape index (κ1) is 28.5. The number of hydrogen-bond acceptors (Lipinski definition) is 5. The van der Waals surface area contributed by atoms with Crippen LogP contribution in [0.25, 0.3) is 0 Å². The molecule has 2 amide bonds. The van der Waals surface area contributed by atoms with Crippen LogP contribution in [0.5, 0.6) is 0 Å². The number of pyridine rings is 1. The molecule has 0 spiro atoms.